The lowest BCUT2D eigenvalue weighted by atomic mass is 10.2. The molecular weight excluding hydrogens is 264 g/mol. The van der Waals surface area contributed by atoms with E-state index in [0.717, 1.165) is 0 Å². The standard InChI is InChI=1S/C12H10N4O4/c1-7-5-14-8(6-13-7)12(18)15-11-9(16(19)20)3-2-4-10(11)17/h2-6,17H,1H3,(H,15,18). The van der Waals surface area contributed by atoms with Crippen molar-refractivity contribution in [3.05, 3.63) is 52.1 Å². The van der Waals surface area contributed by atoms with Gasteiger partial charge in [-0.1, -0.05) is 6.07 Å². The molecule has 0 aliphatic rings. The Morgan fingerprint density at radius 3 is 2.70 bits per heavy atom. The minimum absolute atomic E-state index is 0.00634. The molecule has 0 unspecified atom stereocenters. The molecule has 20 heavy (non-hydrogen) atoms. The molecule has 1 amide bonds. The van der Waals surface area contributed by atoms with Crippen LogP contribution in [0.15, 0.2) is 30.6 Å². The van der Waals surface area contributed by atoms with Gasteiger partial charge in [0, 0.05) is 12.3 Å². The molecule has 0 radical (unpaired) electrons. The molecule has 102 valence electrons. The first-order chi connectivity index (χ1) is 9.49. The molecule has 1 aromatic heterocycles. The number of aromatic nitrogens is 2. The molecule has 0 saturated heterocycles. The number of hydrogen-bond donors (Lipinski definition) is 2. The van der Waals surface area contributed by atoms with Gasteiger partial charge in [0.05, 0.1) is 16.8 Å². The number of para-hydroxylation sites is 1. The molecule has 0 bridgehead atoms. The van der Waals surface area contributed by atoms with Gasteiger partial charge in [-0.05, 0) is 13.0 Å². The maximum atomic E-state index is 11.9. The lowest BCUT2D eigenvalue weighted by molar-refractivity contribution is -0.384. The van der Waals surface area contributed by atoms with E-state index < -0.39 is 22.3 Å². The van der Waals surface area contributed by atoms with Crippen LogP contribution in [0.2, 0.25) is 0 Å². The number of carbonyl (C=O) groups is 1. The van der Waals surface area contributed by atoms with Crippen LogP contribution in [-0.2, 0) is 0 Å². The van der Waals surface area contributed by atoms with E-state index in [9.17, 15) is 20.0 Å². The maximum Gasteiger partial charge on any atom is 0.296 e. The summed E-state index contributed by atoms with van der Waals surface area (Å²) in [6.07, 6.45) is 2.64. The number of nitrogens with one attached hydrogen (secondary N) is 1. The van der Waals surface area contributed by atoms with Crippen molar-refractivity contribution in [3.8, 4) is 5.75 Å². The molecule has 1 aromatic carbocycles. The maximum absolute atomic E-state index is 11.9. The van der Waals surface area contributed by atoms with Gasteiger partial charge in [0.2, 0.25) is 0 Å². The summed E-state index contributed by atoms with van der Waals surface area (Å²) in [6, 6.07) is 3.73. The third-order valence-corrected chi connectivity index (χ3v) is 2.47. The highest BCUT2D eigenvalue weighted by Gasteiger charge is 2.20. The lowest BCUT2D eigenvalue weighted by Gasteiger charge is -2.07. The van der Waals surface area contributed by atoms with E-state index in [1.807, 2.05) is 0 Å². The second-order valence-electron chi connectivity index (χ2n) is 3.93. The normalized spacial score (nSPS) is 10.1. The first-order valence-electron chi connectivity index (χ1n) is 5.55. The molecule has 0 spiro atoms. The zero-order chi connectivity index (χ0) is 14.7. The second kappa shape index (κ2) is 5.31. The Bertz CT molecular complexity index is 670. The molecular formula is C12H10N4O4. The van der Waals surface area contributed by atoms with Crippen LogP contribution in [0.25, 0.3) is 0 Å². The van der Waals surface area contributed by atoms with Crippen molar-refractivity contribution in [2.45, 2.75) is 6.92 Å². The molecule has 2 aromatic rings. The zero-order valence-corrected chi connectivity index (χ0v) is 10.4. The number of nitro benzene ring substituents is 1. The first kappa shape index (κ1) is 13.4. The molecule has 8 heteroatoms. The van der Waals surface area contributed by atoms with Crippen LogP contribution >= 0.6 is 0 Å². The number of aryl methyl sites for hydroxylation is 1. The van der Waals surface area contributed by atoms with Gasteiger partial charge in [0.15, 0.2) is 5.69 Å². The van der Waals surface area contributed by atoms with Gasteiger partial charge in [-0.15, -0.1) is 0 Å². The summed E-state index contributed by atoms with van der Waals surface area (Å²) in [6.45, 7) is 1.71. The predicted molar refractivity (Wildman–Crippen MR) is 69.5 cm³/mol. The van der Waals surface area contributed by atoms with Crippen LogP contribution < -0.4 is 5.32 Å². The monoisotopic (exact) mass is 274 g/mol. The van der Waals surface area contributed by atoms with Gasteiger partial charge < -0.3 is 10.4 Å². The summed E-state index contributed by atoms with van der Waals surface area (Å²) in [5.41, 5.74) is -0.0495. The van der Waals surface area contributed by atoms with Crippen LogP contribution in [0, 0.1) is 17.0 Å². The van der Waals surface area contributed by atoms with Crippen molar-refractivity contribution in [2.24, 2.45) is 0 Å². The van der Waals surface area contributed by atoms with Crippen LogP contribution in [0.3, 0.4) is 0 Å². The first-order valence-corrected chi connectivity index (χ1v) is 5.55. The number of carbonyl (C=O) groups excluding carboxylic acids is 1. The number of nitrogens with zero attached hydrogens (tertiary/aromatic N) is 3. The number of hydrogen-bond acceptors (Lipinski definition) is 6. The summed E-state index contributed by atoms with van der Waals surface area (Å²) in [5.74, 6) is -1.09. The Morgan fingerprint density at radius 2 is 2.10 bits per heavy atom. The van der Waals surface area contributed by atoms with E-state index in [4.69, 9.17) is 0 Å². The Hall–Kier alpha value is -3.03. The Labute approximate surface area is 113 Å². The number of rotatable bonds is 3. The van der Waals surface area contributed by atoms with Gasteiger partial charge >= 0.3 is 0 Å². The average Bonchev–Trinajstić information content (AvgIpc) is 2.41. The largest absolute Gasteiger partial charge is 0.505 e. The number of nitro groups is 1. The molecule has 2 rings (SSSR count). The fourth-order valence-electron chi connectivity index (χ4n) is 1.50. The Morgan fingerprint density at radius 1 is 1.35 bits per heavy atom. The van der Waals surface area contributed by atoms with E-state index in [-0.39, 0.29) is 11.4 Å². The van der Waals surface area contributed by atoms with E-state index in [1.165, 1.54) is 30.6 Å². The molecule has 1 heterocycles. The Balaban J connectivity index is 2.32. The molecule has 2 N–H and O–H groups in total. The third-order valence-electron chi connectivity index (χ3n) is 2.47. The smallest absolute Gasteiger partial charge is 0.296 e. The summed E-state index contributed by atoms with van der Waals surface area (Å²) < 4.78 is 0. The van der Waals surface area contributed by atoms with Crippen molar-refractivity contribution in [2.75, 3.05) is 5.32 Å². The zero-order valence-electron chi connectivity index (χ0n) is 10.4. The minimum Gasteiger partial charge on any atom is -0.505 e. The highest BCUT2D eigenvalue weighted by molar-refractivity contribution is 6.04. The molecule has 0 atom stereocenters. The fourth-order valence-corrected chi connectivity index (χ4v) is 1.50. The van der Waals surface area contributed by atoms with E-state index in [0.29, 0.717) is 5.69 Å². The van der Waals surface area contributed by atoms with Crippen molar-refractivity contribution in [1.82, 2.24) is 9.97 Å². The number of amides is 1. The highest BCUT2D eigenvalue weighted by Crippen LogP contribution is 2.33. The summed E-state index contributed by atoms with van der Waals surface area (Å²) in [5, 5.41) is 22.7. The van der Waals surface area contributed by atoms with Gasteiger partial charge in [-0.25, -0.2) is 4.98 Å². The fraction of sp³-hybridized carbons (Fsp3) is 0.0833. The third kappa shape index (κ3) is 2.69. The van der Waals surface area contributed by atoms with Gasteiger partial charge in [0.1, 0.15) is 11.4 Å². The summed E-state index contributed by atoms with van der Waals surface area (Å²) in [7, 11) is 0. The van der Waals surface area contributed by atoms with Crippen molar-refractivity contribution >= 4 is 17.3 Å². The molecule has 8 nitrogen and oxygen atoms in total. The summed E-state index contributed by atoms with van der Waals surface area (Å²) >= 11 is 0. The van der Waals surface area contributed by atoms with Gasteiger partial charge in [-0.3, -0.25) is 19.9 Å². The number of benzene rings is 1. The van der Waals surface area contributed by atoms with Crippen LogP contribution in [-0.4, -0.2) is 25.9 Å². The van der Waals surface area contributed by atoms with E-state index in [2.05, 4.69) is 15.3 Å². The average molecular weight is 274 g/mol. The molecule has 0 saturated carbocycles. The molecule has 0 aliphatic carbocycles. The highest BCUT2D eigenvalue weighted by atomic mass is 16.6. The van der Waals surface area contributed by atoms with Crippen molar-refractivity contribution < 1.29 is 14.8 Å². The number of anilines is 1. The minimum atomic E-state index is -0.698. The topological polar surface area (TPSA) is 118 Å². The SMILES string of the molecule is Cc1cnc(C(=O)Nc2c(O)cccc2[N+](=O)[O-])cn1. The van der Waals surface area contributed by atoms with E-state index in [1.54, 1.807) is 6.92 Å². The predicted octanol–water partition coefficient (Wildman–Crippen LogP) is 1.65. The Kier molecular flexibility index (Phi) is 3.56. The van der Waals surface area contributed by atoms with Crippen molar-refractivity contribution in [3.63, 3.8) is 0 Å². The summed E-state index contributed by atoms with van der Waals surface area (Å²) in [4.78, 5) is 29.8. The van der Waals surface area contributed by atoms with Crippen LogP contribution in [0.1, 0.15) is 16.2 Å². The van der Waals surface area contributed by atoms with E-state index >= 15 is 0 Å². The van der Waals surface area contributed by atoms with Crippen molar-refractivity contribution in [1.29, 1.82) is 0 Å². The van der Waals surface area contributed by atoms with Crippen LogP contribution in [0.4, 0.5) is 11.4 Å². The lowest BCUT2D eigenvalue weighted by Crippen LogP contribution is -2.15. The number of phenols is 1. The van der Waals surface area contributed by atoms with Crippen LogP contribution in [0.5, 0.6) is 5.75 Å². The number of aromatic hydroxyl groups is 1. The van der Waals surface area contributed by atoms with Gasteiger partial charge in [-0.2, -0.15) is 0 Å². The van der Waals surface area contributed by atoms with Gasteiger partial charge in [0.25, 0.3) is 11.6 Å². The number of phenolic OH excluding ortho intramolecular Hbond substituents is 1. The quantitative estimate of drug-likeness (QED) is 0.499. The molecule has 0 fully saturated rings. The molecule has 0 aliphatic heterocycles. The second-order valence-corrected chi connectivity index (χ2v) is 3.93.